The molecule has 0 bridgehead atoms. The van der Waals surface area contributed by atoms with Gasteiger partial charge in [0.05, 0.1) is 11.3 Å². The Morgan fingerprint density at radius 3 is 1.91 bits per heavy atom. The molecule has 172 valence electrons. The van der Waals surface area contributed by atoms with Gasteiger partial charge >= 0.3 is 12.2 Å². The number of hydrogen-bond acceptors (Lipinski definition) is 5. The summed E-state index contributed by atoms with van der Waals surface area (Å²) in [4.78, 5) is 16.6. The number of nitrogens with one attached hydrogen (secondary N) is 2. The molecule has 1 aliphatic rings. The molecule has 1 aromatic heterocycles. The summed E-state index contributed by atoms with van der Waals surface area (Å²) in [7, 11) is 2.10. The maximum absolute atomic E-state index is 12.6. The average molecular weight is 456 g/mol. The number of urea groups is 1. The highest BCUT2D eigenvalue weighted by Gasteiger charge is 2.30. The molecule has 2 aromatic carbocycles. The maximum atomic E-state index is 12.6. The van der Waals surface area contributed by atoms with Crippen LogP contribution < -0.4 is 15.5 Å². The van der Waals surface area contributed by atoms with Gasteiger partial charge in [-0.05, 0) is 55.6 Å². The van der Waals surface area contributed by atoms with E-state index < -0.39 is 17.8 Å². The van der Waals surface area contributed by atoms with Gasteiger partial charge in [0.25, 0.3) is 0 Å². The molecule has 3 aromatic rings. The zero-order chi connectivity index (χ0) is 23.4. The van der Waals surface area contributed by atoms with Gasteiger partial charge in [-0.1, -0.05) is 12.1 Å². The van der Waals surface area contributed by atoms with E-state index in [2.05, 4.69) is 37.7 Å². The molecule has 2 amide bonds. The van der Waals surface area contributed by atoms with Crippen molar-refractivity contribution in [1.82, 2.24) is 15.1 Å². The molecule has 2 heterocycles. The third kappa shape index (κ3) is 5.78. The standard InChI is InChI=1S/C23H23F3N6O/c1-31-12-14-32(15-13-31)21-11-10-20(29-30-21)16-2-6-18(7-3-16)27-22(33)28-19-8-4-17(5-9-19)23(24,25)26/h2-11H,12-15H2,1H3,(H2,27,28,33). The van der Waals surface area contributed by atoms with Gasteiger partial charge in [-0.15, -0.1) is 10.2 Å². The lowest BCUT2D eigenvalue weighted by molar-refractivity contribution is -0.137. The van der Waals surface area contributed by atoms with Crippen LogP contribution in [-0.2, 0) is 6.18 Å². The summed E-state index contributed by atoms with van der Waals surface area (Å²) in [5.74, 6) is 0.852. The minimum atomic E-state index is -4.42. The molecule has 10 heteroatoms. The summed E-state index contributed by atoms with van der Waals surface area (Å²) in [6, 6.07) is 14.6. The van der Waals surface area contributed by atoms with Crippen LogP contribution in [0.15, 0.2) is 60.7 Å². The Balaban J connectivity index is 1.34. The predicted molar refractivity (Wildman–Crippen MR) is 121 cm³/mol. The molecule has 1 saturated heterocycles. The molecule has 0 spiro atoms. The predicted octanol–water partition coefficient (Wildman–Crippen LogP) is 4.56. The number of halogens is 3. The molecule has 4 rings (SSSR count). The number of anilines is 3. The van der Waals surface area contributed by atoms with Crippen LogP contribution in [0.4, 0.5) is 35.2 Å². The molecule has 0 atom stereocenters. The Morgan fingerprint density at radius 1 is 0.818 bits per heavy atom. The summed E-state index contributed by atoms with van der Waals surface area (Å²) < 4.78 is 37.9. The van der Waals surface area contributed by atoms with E-state index in [1.54, 1.807) is 12.1 Å². The Bertz CT molecular complexity index is 1080. The van der Waals surface area contributed by atoms with Crippen LogP contribution in [0.1, 0.15) is 5.56 Å². The van der Waals surface area contributed by atoms with Gasteiger partial charge in [0.2, 0.25) is 0 Å². The maximum Gasteiger partial charge on any atom is 0.416 e. The van der Waals surface area contributed by atoms with E-state index in [4.69, 9.17) is 0 Å². The fourth-order valence-electron chi connectivity index (χ4n) is 3.44. The number of hydrogen-bond donors (Lipinski definition) is 2. The molecule has 0 aliphatic carbocycles. The Kier molecular flexibility index (Phi) is 6.45. The van der Waals surface area contributed by atoms with Gasteiger partial charge in [-0.3, -0.25) is 0 Å². The lowest BCUT2D eigenvalue weighted by atomic mass is 10.1. The van der Waals surface area contributed by atoms with Crippen molar-refractivity contribution >= 4 is 23.2 Å². The normalized spacial score (nSPS) is 14.7. The quantitative estimate of drug-likeness (QED) is 0.602. The van der Waals surface area contributed by atoms with Gasteiger partial charge in [-0.2, -0.15) is 13.2 Å². The van der Waals surface area contributed by atoms with Crippen LogP contribution in [0.3, 0.4) is 0 Å². The largest absolute Gasteiger partial charge is 0.416 e. The van der Waals surface area contributed by atoms with Crippen molar-refractivity contribution in [1.29, 1.82) is 0 Å². The Labute approximate surface area is 189 Å². The highest BCUT2D eigenvalue weighted by molar-refractivity contribution is 5.99. The van der Waals surface area contributed by atoms with Crippen molar-refractivity contribution in [3.05, 3.63) is 66.2 Å². The molecule has 1 aliphatic heterocycles. The molecule has 0 unspecified atom stereocenters. The molecular weight excluding hydrogens is 433 g/mol. The zero-order valence-corrected chi connectivity index (χ0v) is 17.9. The fraction of sp³-hybridized carbons (Fsp3) is 0.261. The van der Waals surface area contributed by atoms with Crippen molar-refractivity contribution in [3.63, 3.8) is 0 Å². The first-order chi connectivity index (χ1) is 15.8. The second-order valence-electron chi connectivity index (χ2n) is 7.80. The third-order valence-corrected chi connectivity index (χ3v) is 5.39. The number of carbonyl (C=O) groups excluding carboxylic acids is 1. The summed E-state index contributed by atoms with van der Waals surface area (Å²) >= 11 is 0. The molecule has 33 heavy (non-hydrogen) atoms. The van der Waals surface area contributed by atoms with E-state index in [0.717, 1.165) is 49.7 Å². The Morgan fingerprint density at radius 2 is 1.39 bits per heavy atom. The number of carbonyl (C=O) groups is 1. The number of piperazine rings is 1. The zero-order valence-electron chi connectivity index (χ0n) is 17.9. The number of benzene rings is 2. The first-order valence-corrected chi connectivity index (χ1v) is 10.4. The van der Waals surface area contributed by atoms with E-state index in [1.807, 2.05) is 24.3 Å². The molecule has 2 N–H and O–H groups in total. The second-order valence-corrected chi connectivity index (χ2v) is 7.80. The van der Waals surface area contributed by atoms with E-state index in [1.165, 1.54) is 12.1 Å². The van der Waals surface area contributed by atoms with E-state index >= 15 is 0 Å². The van der Waals surface area contributed by atoms with Crippen molar-refractivity contribution in [2.24, 2.45) is 0 Å². The van der Waals surface area contributed by atoms with Gasteiger partial charge in [0.15, 0.2) is 5.82 Å². The van der Waals surface area contributed by atoms with Crippen LogP contribution >= 0.6 is 0 Å². The second kappa shape index (κ2) is 9.45. The number of aromatic nitrogens is 2. The molecule has 0 saturated carbocycles. The first kappa shape index (κ1) is 22.5. The fourth-order valence-corrected chi connectivity index (χ4v) is 3.44. The van der Waals surface area contributed by atoms with Crippen molar-refractivity contribution in [3.8, 4) is 11.3 Å². The molecule has 1 fully saturated rings. The monoisotopic (exact) mass is 456 g/mol. The SMILES string of the molecule is CN1CCN(c2ccc(-c3ccc(NC(=O)Nc4ccc(C(F)(F)F)cc4)cc3)nn2)CC1. The van der Waals surface area contributed by atoms with Gasteiger partial charge in [0.1, 0.15) is 0 Å². The number of nitrogens with zero attached hydrogens (tertiary/aromatic N) is 4. The van der Waals surface area contributed by atoms with Gasteiger partial charge < -0.3 is 20.4 Å². The molecule has 7 nitrogen and oxygen atoms in total. The summed E-state index contributed by atoms with van der Waals surface area (Å²) in [5.41, 5.74) is 1.58. The van der Waals surface area contributed by atoms with E-state index in [9.17, 15) is 18.0 Å². The summed E-state index contributed by atoms with van der Waals surface area (Å²) in [5, 5.41) is 13.8. The molecular formula is C23H23F3N6O. The van der Waals surface area contributed by atoms with Crippen LogP contribution in [0.25, 0.3) is 11.3 Å². The highest BCUT2D eigenvalue weighted by Crippen LogP contribution is 2.30. The summed E-state index contributed by atoms with van der Waals surface area (Å²) in [6.45, 7) is 3.81. The third-order valence-electron chi connectivity index (χ3n) is 5.39. The van der Waals surface area contributed by atoms with Gasteiger partial charge in [0, 0.05) is 43.1 Å². The number of likely N-dealkylation sites (N-methyl/N-ethyl adjacent to an activating group) is 1. The highest BCUT2D eigenvalue weighted by atomic mass is 19.4. The Hall–Kier alpha value is -3.66. The minimum absolute atomic E-state index is 0.257. The smallest absolute Gasteiger partial charge is 0.353 e. The van der Waals surface area contributed by atoms with Crippen molar-refractivity contribution < 1.29 is 18.0 Å². The van der Waals surface area contributed by atoms with Crippen LogP contribution in [0, 0.1) is 0 Å². The lowest BCUT2D eigenvalue weighted by Gasteiger charge is -2.32. The number of alkyl halides is 3. The number of amides is 2. The van der Waals surface area contributed by atoms with E-state index in [-0.39, 0.29) is 5.69 Å². The van der Waals surface area contributed by atoms with Gasteiger partial charge in [-0.25, -0.2) is 4.79 Å². The summed E-state index contributed by atoms with van der Waals surface area (Å²) in [6.07, 6.45) is -4.42. The van der Waals surface area contributed by atoms with Crippen LogP contribution in [0.5, 0.6) is 0 Å². The van der Waals surface area contributed by atoms with Crippen molar-refractivity contribution in [2.45, 2.75) is 6.18 Å². The average Bonchev–Trinajstić information content (AvgIpc) is 2.80. The van der Waals surface area contributed by atoms with Crippen molar-refractivity contribution in [2.75, 3.05) is 48.8 Å². The minimum Gasteiger partial charge on any atom is -0.353 e. The first-order valence-electron chi connectivity index (χ1n) is 10.4. The van der Waals surface area contributed by atoms with Crippen LogP contribution in [-0.4, -0.2) is 54.4 Å². The molecule has 0 radical (unpaired) electrons. The number of rotatable bonds is 4. The van der Waals surface area contributed by atoms with E-state index in [0.29, 0.717) is 11.4 Å². The topological polar surface area (TPSA) is 73.4 Å². The lowest BCUT2D eigenvalue weighted by Crippen LogP contribution is -2.44. The van der Waals surface area contributed by atoms with Crippen LogP contribution in [0.2, 0.25) is 0 Å².